The molecule has 7 nitrogen and oxygen atoms in total. The summed E-state index contributed by atoms with van der Waals surface area (Å²) in [5, 5.41) is 0. The Morgan fingerprint density at radius 2 is 1.80 bits per heavy atom. The molecule has 0 aliphatic carbocycles. The normalized spacial score (nSPS) is 17.3. The summed E-state index contributed by atoms with van der Waals surface area (Å²) in [6, 6.07) is 4.16. The van der Waals surface area contributed by atoms with Crippen LogP contribution in [0.25, 0.3) is 5.57 Å². The molecular weight excluding hydrogens is 579 g/mol. The molecule has 250 valence electrons. The highest BCUT2D eigenvalue weighted by atomic mass is 32.1. The lowest BCUT2D eigenvalue weighted by Crippen LogP contribution is -2.52. The van der Waals surface area contributed by atoms with Gasteiger partial charge in [0.1, 0.15) is 11.7 Å². The fourth-order valence-corrected chi connectivity index (χ4v) is 5.32. The van der Waals surface area contributed by atoms with E-state index in [1.807, 2.05) is 40.1 Å². The van der Waals surface area contributed by atoms with Crippen molar-refractivity contribution >= 4 is 31.0 Å². The van der Waals surface area contributed by atoms with Gasteiger partial charge in [0.15, 0.2) is 5.60 Å². The van der Waals surface area contributed by atoms with Gasteiger partial charge in [-0.2, -0.15) is 13.5 Å². The van der Waals surface area contributed by atoms with Gasteiger partial charge in [0.05, 0.1) is 0 Å². The number of rotatable bonds is 12. The van der Waals surface area contributed by atoms with E-state index in [1.165, 1.54) is 12.0 Å². The molecule has 0 bridgehead atoms. The zero-order valence-electron chi connectivity index (χ0n) is 29.3. The number of hydrogen-bond donors (Lipinski definition) is 0. The van der Waals surface area contributed by atoms with Gasteiger partial charge >= 0.3 is 6.09 Å². The molecule has 0 radical (unpaired) electrons. The van der Waals surface area contributed by atoms with E-state index in [1.54, 1.807) is 4.90 Å². The molecule has 8 heteroatoms. The van der Waals surface area contributed by atoms with E-state index in [2.05, 4.69) is 67.8 Å². The molecule has 1 unspecified atom stereocenters. The third-order valence-corrected chi connectivity index (χ3v) is 8.27. The number of carbonyl (C=O) groups excluding carboxylic acids is 1. The zero-order chi connectivity index (χ0) is 32.5. The summed E-state index contributed by atoms with van der Waals surface area (Å²) in [5.41, 5.74) is 3.77. The van der Waals surface area contributed by atoms with Crippen molar-refractivity contribution in [3.8, 4) is 12.3 Å². The lowest BCUT2D eigenvalue weighted by Gasteiger charge is -2.38. The molecule has 0 spiro atoms. The number of allylic oxidation sites excluding steroid dienone is 3. The Bertz CT molecular complexity index is 1220. The standard InChI is InChI=1S/C35H51N5O2.C2H6.H2S/c1-8-13-14-15-20-35(11-4,12-5)42-34(41)40-25-23-39(24-26-40)32-19-22-38(7)33(37-32)30(27-28(6)10-3)29-18-16-21-36-31(29)17-9-2;1-2;/h4,16,18-19,21-22,27H,8-10,12-15,17,20,23-26H2,1-3,5-7H3;1-2H3;1H2/b28-27?,33-30+;;. The number of aryl methyl sites for hydroxylation is 1. The molecule has 0 saturated carbocycles. The molecular formula is C37H59N5O2S. The first-order valence-corrected chi connectivity index (χ1v) is 16.9. The number of carbonyl (C=O) groups is 1. The average molecular weight is 638 g/mol. The van der Waals surface area contributed by atoms with Gasteiger partial charge in [0.25, 0.3) is 0 Å². The van der Waals surface area contributed by atoms with Crippen LogP contribution in [-0.4, -0.2) is 70.4 Å². The van der Waals surface area contributed by atoms with Gasteiger partial charge < -0.3 is 19.4 Å². The predicted molar refractivity (Wildman–Crippen MR) is 196 cm³/mol. The number of amides is 1. The van der Waals surface area contributed by atoms with Gasteiger partial charge in [-0.05, 0) is 51.2 Å². The summed E-state index contributed by atoms with van der Waals surface area (Å²) >= 11 is 0. The average Bonchev–Trinajstić information content (AvgIpc) is 3.06. The van der Waals surface area contributed by atoms with Crippen LogP contribution in [-0.2, 0) is 11.2 Å². The van der Waals surface area contributed by atoms with E-state index < -0.39 is 5.60 Å². The predicted octanol–water partition coefficient (Wildman–Crippen LogP) is 8.56. The molecule has 1 aromatic heterocycles. The smallest absolute Gasteiger partial charge is 0.411 e. The number of aromatic nitrogens is 1. The van der Waals surface area contributed by atoms with Crippen LogP contribution in [0.3, 0.4) is 0 Å². The van der Waals surface area contributed by atoms with Gasteiger partial charge in [-0.3, -0.25) is 4.98 Å². The Balaban J connectivity index is 0.00000331. The van der Waals surface area contributed by atoms with Crippen molar-refractivity contribution < 1.29 is 9.53 Å². The van der Waals surface area contributed by atoms with E-state index in [4.69, 9.17) is 21.1 Å². The van der Waals surface area contributed by atoms with Gasteiger partial charge in [-0.1, -0.05) is 90.9 Å². The molecule has 2 aliphatic heterocycles. The fraction of sp³-hybridized carbons (Fsp3) is 0.595. The van der Waals surface area contributed by atoms with Crippen LogP contribution >= 0.6 is 13.5 Å². The molecule has 0 N–H and O–H groups in total. The van der Waals surface area contributed by atoms with Crippen molar-refractivity contribution in [2.75, 3.05) is 33.2 Å². The lowest BCUT2D eigenvalue weighted by molar-refractivity contribution is 0.0119. The van der Waals surface area contributed by atoms with Crippen molar-refractivity contribution in [1.29, 1.82) is 0 Å². The maximum Gasteiger partial charge on any atom is 0.411 e. The highest BCUT2D eigenvalue weighted by molar-refractivity contribution is 7.59. The first kappa shape index (κ1) is 39.8. The van der Waals surface area contributed by atoms with E-state index in [0.29, 0.717) is 39.0 Å². The Labute approximate surface area is 281 Å². The highest BCUT2D eigenvalue weighted by Gasteiger charge is 2.33. The Kier molecular flexibility index (Phi) is 18.4. The maximum atomic E-state index is 13.2. The number of terminal acetylenes is 1. The number of aliphatic imine (C=N–C) groups is 1. The van der Waals surface area contributed by atoms with Gasteiger partial charge in [0.2, 0.25) is 0 Å². The van der Waals surface area contributed by atoms with Crippen molar-refractivity contribution in [3.63, 3.8) is 0 Å². The summed E-state index contributed by atoms with van der Waals surface area (Å²) in [7, 11) is 2.04. The van der Waals surface area contributed by atoms with E-state index in [9.17, 15) is 4.79 Å². The van der Waals surface area contributed by atoms with Gasteiger partial charge in [-0.15, -0.1) is 6.42 Å². The minimum Gasteiger partial charge on any atom is -0.430 e. The topological polar surface area (TPSA) is 61.3 Å². The Morgan fingerprint density at radius 1 is 1.09 bits per heavy atom. The second-order valence-corrected chi connectivity index (χ2v) is 11.4. The largest absolute Gasteiger partial charge is 0.430 e. The zero-order valence-corrected chi connectivity index (χ0v) is 30.3. The SMILES string of the molecule is C#CC(CC)(CCCCCC)OC(=O)N1CCN(C2=N/C(=C(/C=C(C)CC)c3cccnc3CCC)N(C)C=C2)CC1.CC.S. The minimum absolute atomic E-state index is 0. The third kappa shape index (κ3) is 11.3. The molecule has 1 saturated heterocycles. The third-order valence-electron chi connectivity index (χ3n) is 8.27. The molecule has 1 fully saturated rings. The molecule has 3 rings (SSSR count). The quantitative estimate of drug-likeness (QED) is 0.170. The van der Waals surface area contributed by atoms with E-state index in [-0.39, 0.29) is 19.6 Å². The monoisotopic (exact) mass is 637 g/mol. The summed E-state index contributed by atoms with van der Waals surface area (Å²) in [5.74, 6) is 4.61. The second kappa shape index (κ2) is 20.8. The van der Waals surface area contributed by atoms with E-state index >= 15 is 0 Å². The molecule has 0 aromatic carbocycles. The van der Waals surface area contributed by atoms with Crippen molar-refractivity contribution in [2.24, 2.45) is 4.99 Å². The van der Waals surface area contributed by atoms with Crippen LogP contribution in [0.1, 0.15) is 111 Å². The Morgan fingerprint density at radius 3 is 2.40 bits per heavy atom. The molecule has 3 heterocycles. The van der Waals surface area contributed by atoms with Gasteiger partial charge in [-0.25, -0.2) is 9.79 Å². The number of amidine groups is 1. The van der Waals surface area contributed by atoms with Crippen LogP contribution in [0.15, 0.2) is 53.1 Å². The molecule has 2 aliphatic rings. The molecule has 1 aromatic rings. The molecule has 1 amide bonds. The highest BCUT2D eigenvalue weighted by Crippen LogP contribution is 2.30. The number of unbranched alkanes of at least 4 members (excludes halogenated alkanes) is 3. The number of piperazine rings is 1. The number of ether oxygens (including phenoxy) is 1. The maximum absolute atomic E-state index is 13.2. The number of hydrogen-bond acceptors (Lipinski definition) is 6. The van der Waals surface area contributed by atoms with Crippen LogP contribution < -0.4 is 0 Å². The van der Waals surface area contributed by atoms with Crippen molar-refractivity contribution in [2.45, 2.75) is 112 Å². The van der Waals surface area contributed by atoms with Crippen LogP contribution in [0.2, 0.25) is 0 Å². The van der Waals surface area contributed by atoms with E-state index in [0.717, 1.165) is 67.0 Å². The van der Waals surface area contributed by atoms with Crippen LogP contribution in [0, 0.1) is 12.3 Å². The summed E-state index contributed by atoms with van der Waals surface area (Å²) in [6.45, 7) is 17.2. The number of nitrogens with zero attached hydrogens (tertiary/aromatic N) is 5. The molecule has 1 atom stereocenters. The van der Waals surface area contributed by atoms with Crippen molar-refractivity contribution in [1.82, 2.24) is 19.7 Å². The van der Waals surface area contributed by atoms with Crippen LogP contribution in [0.4, 0.5) is 4.79 Å². The lowest BCUT2D eigenvalue weighted by atomic mass is 9.93. The fourth-order valence-electron chi connectivity index (χ4n) is 5.32. The summed E-state index contributed by atoms with van der Waals surface area (Å²) < 4.78 is 5.99. The Hall–Kier alpha value is -3.18. The first-order valence-electron chi connectivity index (χ1n) is 16.9. The summed E-state index contributed by atoms with van der Waals surface area (Å²) in [4.78, 5) is 29.2. The minimum atomic E-state index is -0.827. The summed E-state index contributed by atoms with van der Waals surface area (Å²) in [6.07, 6.45) is 22.5. The second-order valence-electron chi connectivity index (χ2n) is 11.4. The van der Waals surface area contributed by atoms with Crippen molar-refractivity contribution in [3.05, 3.63) is 59.3 Å². The first-order chi connectivity index (χ1) is 21.3. The van der Waals surface area contributed by atoms with Gasteiger partial charge in [0, 0.05) is 62.5 Å². The number of pyridine rings is 1. The molecule has 45 heavy (non-hydrogen) atoms. The van der Waals surface area contributed by atoms with Crippen LogP contribution in [0.5, 0.6) is 0 Å².